The standard InChI is InChI=1S/C14H20N4/c1-11-14(18(3)10-6-9-15-2)17-13-8-5-4-7-12(13)16-11/h4-5,7-8,15H,6,9-10H2,1-3H3. The van der Waals surface area contributed by atoms with Crippen molar-refractivity contribution in [3.63, 3.8) is 0 Å². The van der Waals surface area contributed by atoms with Gasteiger partial charge in [0.1, 0.15) is 0 Å². The molecule has 0 aliphatic rings. The molecule has 0 fully saturated rings. The average molecular weight is 244 g/mol. The molecule has 1 aromatic carbocycles. The van der Waals surface area contributed by atoms with Gasteiger partial charge in [-0.1, -0.05) is 12.1 Å². The molecule has 4 nitrogen and oxygen atoms in total. The Balaban J connectivity index is 2.24. The first-order chi connectivity index (χ1) is 8.72. The van der Waals surface area contributed by atoms with E-state index in [2.05, 4.69) is 22.2 Å². The molecule has 18 heavy (non-hydrogen) atoms. The summed E-state index contributed by atoms with van der Waals surface area (Å²) in [4.78, 5) is 11.5. The number of nitrogens with zero attached hydrogens (tertiary/aromatic N) is 3. The summed E-state index contributed by atoms with van der Waals surface area (Å²) >= 11 is 0. The van der Waals surface area contributed by atoms with Crippen LogP contribution in [0.3, 0.4) is 0 Å². The molecule has 0 atom stereocenters. The number of para-hydroxylation sites is 2. The second-order valence-corrected chi connectivity index (χ2v) is 4.50. The molecule has 0 amide bonds. The van der Waals surface area contributed by atoms with Gasteiger partial charge in [0.05, 0.1) is 16.7 Å². The van der Waals surface area contributed by atoms with Crippen molar-refractivity contribution in [3.05, 3.63) is 30.0 Å². The number of anilines is 1. The van der Waals surface area contributed by atoms with Crippen LogP contribution in [-0.4, -0.2) is 37.2 Å². The van der Waals surface area contributed by atoms with Crippen LogP contribution >= 0.6 is 0 Å². The van der Waals surface area contributed by atoms with E-state index in [-0.39, 0.29) is 0 Å². The second kappa shape index (κ2) is 5.78. The summed E-state index contributed by atoms with van der Waals surface area (Å²) < 4.78 is 0. The van der Waals surface area contributed by atoms with Gasteiger partial charge in [0.25, 0.3) is 0 Å². The Morgan fingerprint density at radius 3 is 2.50 bits per heavy atom. The predicted octanol–water partition coefficient (Wildman–Crippen LogP) is 1.98. The van der Waals surface area contributed by atoms with E-state index < -0.39 is 0 Å². The van der Waals surface area contributed by atoms with Crippen molar-refractivity contribution < 1.29 is 0 Å². The van der Waals surface area contributed by atoms with Crippen molar-refractivity contribution in [2.75, 3.05) is 32.1 Å². The summed E-state index contributed by atoms with van der Waals surface area (Å²) in [6.45, 7) is 4.02. The number of hydrogen-bond acceptors (Lipinski definition) is 4. The number of nitrogens with one attached hydrogen (secondary N) is 1. The molecule has 4 heteroatoms. The lowest BCUT2D eigenvalue weighted by Crippen LogP contribution is -2.24. The lowest BCUT2D eigenvalue weighted by molar-refractivity contribution is 0.708. The Labute approximate surface area is 108 Å². The molecule has 1 heterocycles. The highest BCUT2D eigenvalue weighted by Crippen LogP contribution is 2.18. The topological polar surface area (TPSA) is 41.0 Å². The van der Waals surface area contributed by atoms with Crippen LogP contribution in [0.1, 0.15) is 12.1 Å². The molecule has 96 valence electrons. The van der Waals surface area contributed by atoms with Crippen LogP contribution in [0.25, 0.3) is 11.0 Å². The minimum Gasteiger partial charge on any atom is -0.358 e. The predicted molar refractivity (Wildman–Crippen MR) is 76.1 cm³/mol. The third-order valence-corrected chi connectivity index (χ3v) is 3.00. The highest BCUT2D eigenvalue weighted by atomic mass is 15.2. The molecule has 0 saturated heterocycles. The SMILES string of the molecule is CNCCCN(C)c1nc2ccccc2nc1C. The number of aromatic nitrogens is 2. The number of aryl methyl sites for hydroxylation is 1. The van der Waals surface area contributed by atoms with Gasteiger partial charge >= 0.3 is 0 Å². The van der Waals surface area contributed by atoms with Crippen molar-refractivity contribution in [3.8, 4) is 0 Å². The van der Waals surface area contributed by atoms with Gasteiger partial charge in [-0.05, 0) is 39.1 Å². The zero-order valence-electron chi connectivity index (χ0n) is 11.3. The quantitative estimate of drug-likeness (QED) is 0.817. The first-order valence-electron chi connectivity index (χ1n) is 6.31. The first-order valence-corrected chi connectivity index (χ1v) is 6.31. The van der Waals surface area contributed by atoms with Crippen LogP contribution in [0.2, 0.25) is 0 Å². The number of benzene rings is 1. The number of fused-ring (bicyclic) bond motifs is 1. The molecular weight excluding hydrogens is 224 g/mol. The zero-order valence-corrected chi connectivity index (χ0v) is 11.3. The molecule has 0 saturated carbocycles. The highest BCUT2D eigenvalue weighted by molar-refractivity contribution is 5.76. The molecule has 1 aromatic heterocycles. The van der Waals surface area contributed by atoms with Crippen LogP contribution in [0.4, 0.5) is 5.82 Å². The normalized spacial score (nSPS) is 10.8. The van der Waals surface area contributed by atoms with Crippen molar-refractivity contribution in [2.24, 2.45) is 0 Å². The maximum absolute atomic E-state index is 4.70. The fourth-order valence-electron chi connectivity index (χ4n) is 2.04. The average Bonchev–Trinajstić information content (AvgIpc) is 2.38. The van der Waals surface area contributed by atoms with Crippen LogP contribution in [0, 0.1) is 6.92 Å². The minimum absolute atomic E-state index is 0.957. The molecule has 1 N–H and O–H groups in total. The summed E-state index contributed by atoms with van der Waals surface area (Å²) in [5.74, 6) is 0.977. The van der Waals surface area contributed by atoms with Crippen LogP contribution < -0.4 is 10.2 Å². The molecule has 0 aliphatic carbocycles. The third-order valence-electron chi connectivity index (χ3n) is 3.00. The zero-order chi connectivity index (χ0) is 13.0. The number of rotatable bonds is 5. The van der Waals surface area contributed by atoms with Crippen molar-refractivity contribution in [1.82, 2.24) is 15.3 Å². The molecule has 0 spiro atoms. The second-order valence-electron chi connectivity index (χ2n) is 4.50. The smallest absolute Gasteiger partial charge is 0.150 e. The summed E-state index contributed by atoms with van der Waals surface area (Å²) in [6.07, 6.45) is 1.10. The largest absolute Gasteiger partial charge is 0.358 e. The first kappa shape index (κ1) is 12.8. The Hall–Kier alpha value is -1.68. The van der Waals surface area contributed by atoms with Gasteiger partial charge in [0.2, 0.25) is 0 Å². The number of hydrogen-bond donors (Lipinski definition) is 1. The minimum atomic E-state index is 0.957. The molecule has 0 unspecified atom stereocenters. The van der Waals surface area contributed by atoms with Gasteiger partial charge in [0, 0.05) is 13.6 Å². The van der Waals surface area contributed by atoms with Gasteiger partial charge in [-0.15, -0.1) is 0 Å². The van der Waals surface area contributed by atoms with Gasteiger partial charge in [0.15, 0.2) is 5.82 Å². The van der Waals surface area contributed by atoms with E-state index in [1.54, 1.807) is 0 Å². The molecule has 2 aromatic rings. The fourth-order valence-corrected chi connectivity index (χ4v) is 2.04. The van der Waals surface area contributed by atoms with Gasteiger partial charge in [-0.2, -0.15) is 0 Å². The van der Waals surface area contributed by atoms with E-state index in [4.69, 9.17) is 4.98 Å². The molecular formula is C14H20N4. The molecule has 0 radical (unpaired) electrons. The summed E-state index contributed by atoms with van der Waals surface area (Å²) in [5.41, 5.74) is 2.90. The Morgan fingerprint density at radius 1 is 1.17 bits per heavy atom. The highest BCUT2D eigenvalue weighted by Gasteiger charge is 2.08. The lowest BCUT2D eigenvalue weighted by atomic mass is 10.3. The van der Waals surface area contributed by atoms with Gasteiger partial charge in [-0.25, -0.2) is 9.97 Å². The van der Waals surface area contributed by atoms with Gasteiger partial charge < -0.3 is 10.2 Å². The van der Waals surface area contributed by atoms with Crippen LogP contribution in [-0.2, 0) is 0 Å². The molecule has 2 rings (SSSR count). The van der Waals surface area contributed by atoms with Crippen LogP contribution in [0.15, 0.2) is 24.3 Å². The maximum atomic E-state index is 4.70. The Kier molecular flexibility index (Phi) is 4.10. The summed E-state index contributed by atoms with van der Waals surface area (Å²) in [7, 11) is 4.04. The van der Waals surface area contributed by atoms with Crippen molar-refractivity contribution in [2.45, 2.75) is 13.3 Å². The van der Waals surface area contributed by atoms with E-state index in [1.807, 2.05) is 38.2 Å². The van der Waals surface area contributed by atoms with Crippen LogP contribution in [0.5, 0.6) is 0 Å². The fraction of sp³-hybridized carbons (Fsp3) is 0.429. The Morgan fingerprint density at radius 2 is 1.83 bits per heavy atom. The summed E-state index contributed by atoms with van der Waals surface area (Å²) in [5, 5.41) is 3.16. The van der Waals surface area contributed by atoms with Crippen molar-refractivity contribution >= 4 is 16.9 Å². The summed E-state index contributed by atoms with van der Waals surface area (Å²) in [6, 6.07) is 8.00. The maximum Gasteiger partial charge on any atom is 0.150 e. The van der Waals surface area contributed by atoms with E-state index in [1.165, 1.54) is 0 Å². The van der Waals surface area contributed by atoms with Crippen molar-refractivity contribution in [1.29, 1.82) is 0 Å². The Bertz CT molecular complexity index is 524. The lowest BCUT2D eigenvalue weighted by Gasteiger charge is -2.20. The molecule has 0 aliphatic heterocycles. The molecule has 0 bridgehead atoms. The monoisotopic (exact) mass is 244 g/mol. The van der Waals surface area contributed by atoms with E-state index in [0.29, 0.717) is 0 Å². The van der Waals surface area contributed by atoms with E-state index >= 15 is 0 Å². The van der Waals surface area contributed by atoms with E-state index in [9.17, 15) is 0 Å². The van der Waals surface area contributed by atoms with E-state index in [0.717, 1.165) is 42.1 Å². The van der Waals surface area contributed by atoms with Gasteiger partial charge in [-0.3, -0.25) is 0 Å². The third kappa shape index (κ3) is 2.76.